The number of hydrogen-bond acceptors (Lipinski definition) is 6. The summed E-state index contributed by atoms with van der Waals surface area (Å²) in [5.74, 6) is -0.796. The van der Waals surface area contributed by atoms with Gasteiger partial charge in [0.25, 0.3) is 5.91 Å². The highest BCUT2D eigenvalue weighted by atomic mass is 32.2. The van der Waals surface area contributed by atoms with Crippen molar-refractivity contribution in [3.63, 3.8) is 0 Å². The van der Waals surface area contributed by atoms with E-state index in [9.17, 15) is 14.4 Å². The first-order chi connectivity index (χ1) is 16.5. The van der Waals surface area contributed by atoms with Crippen LogP contribution in [-0.2, 0) is 9.53 Å². The van der Waals surface area contributed by atoms with Crippen LogP contribution in [0.1, 0.15) is 47.4 Å². The fraction of sp³-hybridized carbons (Fsp3) is 0.280. The van der Waals surface area contributed by atoms with Gasteiger partial charge in [-0.05, 0) is 43.7 Å². The molecule has 1 aromatic heterocycles. The minimum absolute atomic E-state index is 0.0887. The normalized spacial score (nSPS) is 10.5. The van der Waals surface area contributed by atoms with Crippen molar-refractivity contribution in [3.05, 3.63) is 72.1 Å². The molecule has 0 saturated carbocycles. The Hall–Kier alpha value is -3.59. The molecule has 0 spiro atoms. The van der Waals surface area contributed by atoms with Gasteiger partial charge in [0.2, 0.25) is 5.91 Å². The average molecular weight is 481 g/mol. The number of anilines is 1. The van der Waals surface area contributed by atoms with Crippen LogP contribution in [0.5, 0.6) is 0 Å². The number of esters is 1. The predicted octanol–water partition coefficient (Wildman–Crippen LogP) is 4.31. The van der Waals surface area contributed by atoms with E-state index in [0.29, 0.717) is 28.5 Å². The smallest absolute Gasteiger partial charge is 0.340 e. The highest BCUT2D eigenvalue weighted by Gasteiger charge is 2.15. The Kier molecular flexibility index (Phi) is 9.28. The van der Waals surface area contributed by atoms with E-state index in [1.54, 1.807) is 55.7 Å². The lowest BCUT2D eigenvalue weighted by molar-refractivity contribution is -0.113. The highest BCUT2D eigenvalue weighted by Crippen LogP contribution is 2.22. The second-order valence-electron chi connectivity index (χ2n) is 7.34. The molecule has 0 unspecified atom stereocenters. The van der Waals surface area contributed by atoms with E-state index in [4.69, 9.17) is 4.74 Å². The van der Waals surface area contributed by atoms with E-state index in [1.807, 2.05) is 16.7 Å². The van der Waals surface area contributed by atoms with Gasteiger partial charge in [-0.3, -0.25) is 14.2 Å². The SMILES string of the molecule is CCCCNC(=O)c1cccc(-n2ccnc2SCC(=O)Nc2ccccc2C(=O)OCC)c1. The standard InChI is InChI=1S/C25H28N4O4S/c1-3-5-13-26-23(31)18-9-8-10-19(16-18)29-15-14-27-25(29)34-17-22(30)28-21-12-7-6-11-20(21)24(32)33-4-2/h6-12,14-16H,3-5,13,17H2,1-2H3,(H,26,31)(H,28,30). The van der Waals surface area contributed by atoms with Gasteiger partial charge in [-0.1, -0.05) is 43.3 Å². The van der Waals surface area contributed by atoms with Crippen molar-refractivity contribution in [2.24, 2.45) is 0 Å². The summed E-state index contributed by atoms with van der Waals surface area (Å²) in [6, 6.07) is 14.0. The van der Waals surface area contributed by atoms with Gasteiger partial charge in [0.05, 0.1) is 23.6 Å². The minimum Gasteiger partial charge on any atom is -0.462 e. The van der Waals surface area contributed by atoms with Crippen LogP contribution in [0.4, 0.5) is 5.69 Å². The van der Waals surface area contributed by atoms with E-state index < -0.39 is 5.97 Å². The minimum atomic E-state index is -0.486. The first-order valence-electron chi connectivity index (χ1n) is 11.1. The summed E-state index contributed by atoms with van der Waals surface area (Å²) in [6.07, 6.45) is 5.37. The Labute approximate surface area is 203 Å². The zero-order valence-electron chi connectivity index (χ0n) is 19.2. The number of amides is 2. The van der Waals surface area contributed by atoms with Crippen molar-refractivity contribution in [2.45, 2.75) is 31.8 Å². The lowest BCUT2D eigenvalue weighted by atomic mass is 10.2. The first-order valence-corrected chi connectivity index (χ1v) is 12.1. The summed E-state index contributed by atoms with van der Waals surface area (Å²) in [5.41, 5.74) is 2.04. The van der Waals surface area contributed by atoms with Crippen LogP contribution < -0.4 is 10.6 Å². The molecule has 0 bridgehead atoms. The van der Waals surface area contributed by atoms with Gasteiger partial charge in [-0.15, -0.1) is 0 Å². The number of rotatable bonds is 11. The van der Waals surface area contributed by atoms with Crippen LogP contribution in [0.3, 0.4) is 0 Å². The van der Waals surface area contributed by atoms with Crippen molar-refractivity contribution in [2.75, 3.05) is 24.2 Å². The molecule has 0 radical (unpaired) electrons. The zero-order valence-corrected chi connectivity index (χ0v) is 20.1. The fourth-order valence-corrected chi connectivity index (χ4v) is 3.94. The van der Waals surface area contributed by atoms with E-state index in [-0.39, 0.29) is 24.2 Å². The van der Waals surface area contributed by atoms with Crippen LogP contribution in [0.2, 0.25) is 0 Å². The number of aromatic nitrogens is 2. The lowest BCUT2D eigenvalue weighted by Crippen LogP contribution is -2.24. The van der Waals surface area contributed by atoms with E-state index >= 15 is 0 Å². The Morgan fingerprint density at radius 2 is 1.91 bits per heavy atom. The number of benzene rings is 2. The van der Waals surface area contributed by atoms with Crippen LogP contribution in [-0.4, -0.2) is 46.2 Å². The Morgan fingerprint density at radius 3 is 2.71 bits per heavy atom. The third kappa shape index (κ3) is 6.71. The molecule has 0 atom stereocenters. The number of nitrogens with one attached hydrogen (secondary N) is 2. The Morgan fingerprint density at radius 1 is 1.09 bits per heavy atom. The van der Waals surface area contributed by atoms with Gasteiger partial charge in [0.1, 0.15) is 0 Å². The summed E-state index contributed by atoms with van der Waals surface area (Å²) >= 11 is 1.25. The quantitative estimate of drug-likeness (QED) is 0.241. The number of unbranched alkanes of at least 4 members (excludes halogenated alkanes) is 1. The molecule has 2 amide bonds. The summed E-state index contributed by atoms with van der Waals surface area (Å²) < 4.78 is 6.88. The third-order valence-corrected chi connectivity index (χ3v) is 5.80. The van der Waals surface area contributed by atoms with Gasteiger partial charge in [-0.25, -0.2) is 9.78 Å². The number of carbonyl (C=O) groups excluding carboxylic acids is 3. The van der Waals surface area contributed by atoms with Gasteiger partial charge < -0.3 is 15.4 Å². The van der Waals surface area contributed by atoms with E-state index in [2.05, 4.69) is 22.5 Å². The van der Waals surface area contributed by atoms with Crippen molar-refractivity contribution < 1.29 is 19.1 Å². The average Bonchev–Trinajstić information content (AvgIpc) is 3.32. The number of carbonyl (C=O) groups is 3. The van der Waals surface area contributed by atoms with Crippen LogP contribution >= 0.6 is 11.8 Å². The topological polar surface area (TPSA) is 102 Å². The molecule has 0 saturated heterocycles. The Bertz CT molecular complexity index is 1150. The molecular formula is C25H28N4O4S. The van der Waals surface area contributed by atoms with E-state index in [1.165, 1.54) is 11.8 Å². The molecule has 8 nitrogen and oxygen atoms in total. The summed E-state index contributed by atoms with van der Waals surface area (Å²) in [4.78, 5) is 41.5. The third-order valence-electron chi connectivity index (χ3n) is 4.84. The molecule has 34 heavy (non-hydrogen) atoms. The van der Waals surface area contributed by atoms with Gasteiger partial charge in [0.15, 0.2) is 5.16 Å². The van der Waals surface area contributed by atoms with Crippen molar-refractivity contribution in [3.8, 4) is 5.69 Å². The molecule has 0 fully saturated rings. The fourth-order valence-electron chi connectivity index (χ4n) is 3.17. The maximum atomic E-state index is 12.6. The second kappa shape index (κ2) is 12.6. The molecule has 1 heterocycles. The molecule has 9 heteroatoms. The van der Waals surface area contributed by atoms with Gasteiger partial charge in [-0.2, -0.15) is 0 Å². The largest absolute Gasteiger partial charge is 0.462 e. The number of ether oxygens (including phenoxy) is 1. The number of hydrogen-bond donors (Lipinski definition) is 2. The van der Waals surface area contributed by atoms with E-state index in [0.717, 1.165) is 18.5 Å². The maximum Gasteiger partial charge on any atom is 0.340 e. The van der Waals surface area contributed by atoms with Crippen molar-refractivity contribution >= 4 is 35.2 Å². The van der Waals surface area contributed by atoms with Crippen molar-refractivity contribution in [1.29, 1.82) is 0 Å². The maximum absolute atomic E-state index is 12.6. The molecule has 3 aromatic rings. The second-order valence-corrected chi connectivity index (χ2v) is 8.29. The van der Waals surface area contributed by atoms with Crippen LogP contribution in [0.15, 0.2) is 66.1 Å². The summed E-state index contributed by atoms with van der Waals surface area (Å²) in [5, 5.41) is 6.29. The number of thioether (sulfide) groups is 1. The molecule has 178 valence electrons. The number of imidazole rings is 1. The number of nitrogens with zero attached hydrogens (tertiary/aromatic N) is 2. The summed E-state index contributed by atoms with van der Waals surface area (Å²) in [7, 11) is 0. The predicted molar refractivity (Wildman–Crippen MR) is 133 cm³/mol. The number of para-hydroxylation sites is 1. The highest BCUT2D eigenvalue weighted by molar-refractivity contribution is 7.99. The van der Waals surface area contributed by atoms with Gasteiger partial charge >= 0.3 is 5.97 Å². The summed E-state index contributed by atoms with van der Waals surface area (Å²) in [6.45, 7) is 4.69. The monoisotopic (exact) mass is 480 g/mol. The van der Waals surface area contributed by atoms with Crippen molar-refractivity contribution in [1.82, 2.24) is 14.9 Å². The molecule has 2 N–H and O–H groups in total. The molecule has 0 aliphatic rings. The molecule has 2 aromatic carbocycles. The van der Waals surface area contributed by atoms with Crippen LogP contribution in [0.25, 0.3) is 5.69 Å². The molecule has 3 rings (SSSR count). The Balaban J connectivity index is 1.65. The molecular weight excluding hydrogens is 452 g/mol. The molecule has 0 aliphatic heterocycles. The lowest BCUT2D eigenvalue weighted by Gasteiger charge is -2.11. The first kappa shape index (κ1) is 25.0. The van der Waals surface area contributed by atoms with Crippen LogP contribution in [0, 0.1) is 0 Å². The van der Waals surface area contributed by atoms with Gasteiger partial charge in [0, 0.05) is 30.2 Å². The molecule has 0 aliphatic carbocycles. The zero-order chi connectivity index (χ0) is 24.3.